The highest BCUT2D eigenvalue weighted by molar-refractivity contribution is 5.77. The van der Waals surface area contributed by atoms with Crippen LogP contribution in [0.25, 0.3) is 0 Å². The van der Waals surface area contributed by atoms with E-state index in [0.717, 1.165) is 25.6 Å². The fourth-order valence-corrected chi connectivity index (χ4v) is 2.20. The quantitative estimate of drug-likeness (QED) is 0.751. The summed E-state index contributed by atoms with van der Waals surface area (Å²) in [6.45, 7) is 9.25. The molecule has 1 aliphatic heterocycles. The van der Waals surface area contributed by atoms with Crippen LogP contribution in [0.2, 0.25) is 0 Å². The maximum Gasteiger partial charge on any atom is 0.224 e. The van der Waals surface area contributed by atoms with Gasteiger partial charge in [0, 0.05) is 25.6 Å². The fourth-order valence-electron chi connectivity index (χ4n) is 2.20. The Morgan fingerprint density at radius 3 is 2.80 bits per heavy atom. The molecule has 1 rings (SSSR count). The Labute approximate surface area is 93.2 Å². The van der Waals surface area contributed by atoms with Gasteiger partial charge in [-0.25, -0.2) is 0 Å². The molecule has 2 atom stereocenters. The van der Waals surface area contributed by atoms with Gasteiger partial charge >= 0.3 is 0 Å². The van der Waals surface area contributed by atoms with Crippen molar-refractivity contribution in [3.8, 4) is 0 Å². The van der Waals surface area contributed by atoms with Gasteiger partial charge in [0.15, 0.2) is 0 Å². The third-order valence-corrected chi connectivity index (χ3v) is 3.25. The van der Waals surface area contributed by atoms with Crippen molar-refractivity contribution in [2.45, 2.75) is 46.1 Å². The maximum absolute atomic E-state index is 11.9. The Morgan fingerprint density at radius 1 is 1.53 bits per heavy atom. The topological polar surface area (TPSA) is 32.3 Å². The molecule has 1 heterocycles. The highest BCUT2D eigenvalue weighted by Gasteiger charge is 2.25. The van der Waals surface area contributed by atoms with Crippen LogP contribution in [0.5, 0.6) is 0 Å². The minimum atomic E-state index is 0.308. The lowest BCUT2D eigenvalue weighted by Crippen LogP contribution is -2.35. The van der Waals surface area contributed by atoms with Crippen LogP contribution in [-0.2, 0) is 4.79 Å². The molecule has 1 saturated heterocycles. The van der Waals surface area contributed by atoms with E-state index in [1.165, 1.54) is 12.8 Å². The molecule has 1 fully saturated rings. The van der Waals surface area contributed by atoms with Crippen LogP contribution in [0.3, 0.4) is 0 Å². The highest BCUT2D eigenvalue weighted by Crippen LogP contribution is 2.19. The summed E-state index contributed by atoms with van der Waals surface area (Å²) in [5.41, 5.74) is 0. The molecule has 0 bridgehead atoms. The van der Waals surface area contributed by atoms with Gasteiger partial charge in [0.05, 0.1) is 0 Å². The minimum absolute atomic E-state index is 0.308. The summed E-state index contributed by atoms with van der Waals surface area (Å²) < 4.78 is 0. The van der Waals surface area contributed by atoms with Gasteiger partial charge in [-0.15, -0.1) is 0 Å². The number of hydrogen-bond donors (Lipinski definition) is 1. The van der Waals surface area contributed by atoms with E-state index in [0.29, 0.717) is 18.4 Å². The zero-order chi connectivity index (χ0) is 11.3. The molecule has 1 aliphatic rings. The Bertz CT molecular complexity index is 206. The van der Waals surface area contributed by atoms with E-state index in [1.54, 1.807) is 0 Å². The van der Waals surface area contributed by atoms with E-state index < -0.39 is 0 Å². The minimum Gasteiger partial charge on any atom is -0.342 e. The molecule has 3 heteroatoms. The molecule has 0 saturated carbocycles. The van der Waals surface area contributed by atoms with Crippen LogP contribution in [0, 0.1) is 5.92 Å². The van der Waals surface area contributed by atoms with Crippen LogP contribution < -0.4 is 5.32 Å². The third kappa shape index (κ3) is 3.82. The lowest BCUT2D eigenvalue weighted by atomic mass is 10.1. The van der Waals surface area contributed by atoms with Crippen molar-refractivity contribution >= 4 is 5.91 Å². The molecule has 3 nitrogen and oxygen atoms in total. The summed E-state index contributed by atoms with van der Waals surface area (Å²) in [5, 5.41) is 3.28. The Balaban J connectivity index is 2.29. The van der Waals surface area contributed by atoms with Crippen molar-refractivity contribution in [3.63, 3.8) is 0 Å². The summed E-state index contributed by atoms with van der Waals surface area (Å²) in [7, 11) is 0. The van der Waals surface area contributed by atoms with Crippen LogP contribution in [0.1, 0.15) is 40.0 Å². The molecule has 0 aromatic rings. The average molecular weight is 212 g/mol. The molecule has 1 N–H and O–H groups in total. The molecular weight excluding hydrogens is 188 g/mol. The summed E-state index contributed by atoms with van der Waals surface area (Å²) >= 11 is 0. The van der Waals surface area contributed by atoms with Crippen molar-refractivity contribution < 1.29 is 4.79 Å². The third-order valence-electron chi connectivity index (χ3n) is 3.25. The Morgan fingerprint density at radius 2 is 2.27 bits per heavy atom. The monoisotopic (exact) mass is 212 g/mol. The molecular formula is C12H24N2O. The number of rotatable bonds is 5. The predicted octanol–water partition coefficient (Wildman–Crippen LogP) is 1.63. The number of carbonyl (C=O) groups is 1. The van der Waals surface area contributed by atoms with E-state index in [1.807, 2.05) is 4.90 Å². The van der Waals surface area contributed by atoms with Gasteiger partial charge in [-0.1, -0.05) is 20.3 Å². The molecule has 2 unspecified atom stereocenters. The zero-order valence-electron chi connectivity index (χ0n) is 10.3. The molecule has 15 heavy (non-hydrogen) atoms. The van der Waals surface area contributed by atoms with E-state index in [2.05, 4.69) is 26.1 Å². The predicted molar refractivity (Wildman–Crippen MR) is 62.7 cm³/mol. The first-order valence-corrected chi connectivity index (χ1v) is 6.18. The molecule has 88 valence electrons. The lowest BCUT2D eigenvalue weighted by molar-refractivity contribution is -0.130. The van der Waals surface area contributed by atoms with Crippen molar-refractivity contribution in [1.29, 1.82) is 0 Å². The van der Waals surface area contributed by atoms with Crippen LogP contribution in [0.4, 0.5) is 0 Å². The summed E-state index contributed by atoms with van der Waals surface area (Å²) in [6.07, 6.45) is 3.04. The first kappa shape index (κ1) is 12.5. The molecule has 1 amide bonds. The van der Waals surface area contributed by atoms with Crippen LogP contribution in [-0.4, -0.2) is 36.5 Å². The van der Waals surface area contributed by atoms with Crippen LogP contribution >= 0.6 is 0 Å². The van der Waals surface area contributed by atoms with Gasteiger partial charge in [-0.05, 0) is 25.8 Å². The second-order valence-corrected chi connectivity index (χ2v) is 4.57. The molecule has 0 spiro atoms. The second-order valence-electron chi connectivity index (χ2n) is 4.57. The van der Waals surface area contributed by atoms with Crippen molar-refractivity contribution in [2.24, 2.45) is 5.92 Å². The zero-order valence-corrected chi connectivity index (χ0v) is 10.3. The number of carbonyl (C=O) groups excluding carboxylic acids is 1. The van der Waals surface area contributed by atoms with Gasteiger partial charge in [0.2, 0.25) is 5.91 Å². The Hall–Kier alpha value is -0.570. The van der Waals surface area contributed by atoms with Crippen molar-refractivity contribution in [1.82, 2.24) is 10.2 Å². The standard InChI is InChI=1S/C12H24N2O/c1-4-11-6-7-14(9-11)12(15)8-10(3)13-5-2/h10-11,13H,4-9H2,1-3H3. The highest BCUT2D eigenvalue weighted by atomic mass is 16.2. The van der Waals surface area contributed by atoms with E-state index in [9.17, 15) is 4.79 Å². The van der Waals surface area contributed by atoms with E-state index in [4.69, 9.17) is 0 Å². The van der Waals surface area contributed by atoms with Gasteiger partial charge in [0.1, 0.15) is 0 Å². The van der Waals surface area contributed by atoms with E-state index >= 15 is 0 Å². The van der Waals surface area contributed by atoms with Gasteiger partial charge in [-0.3, -0.25) is 4.79 Å². The molecule has 0 aromatic heterocycles. The van der Waals surface area contributed by atoms with E-state index in [-0.39, 0.29) is 0 Å². The largest absolute Gasteiger partial charge is 0.342 e. The number of likely N-dealkylation sites (tertiary alicyclic amines) is 1. The van der Waals surface area contributed by atoms with Gasteiger partial charge < -0.3 is 10.2 Å². The first-order chi connectivity index (χ1) is 7.17. The number of nitrogens with zero attached hydrogens (tertiary/aromatic N) is 1. The lowest BCUT2D eigenvalue weighted by Gasteiger charge is -2.19. The normalized spacial score (nSPS) is 23.1. The number of nitrogens with one attached hydrogen (secondary N) is 1. The second kappa shape index (κ2) is 6.11. The van der Waals surface area contributed by atoms with Crippen molar-refractivity contribution in [3.05, 3.63) is 0 Å². The first-order valence-electron chi connectivity index (χ1n) is 6.18. The van der Waals surface area contributed by atoms with Gasteiger partial charge in [-0.2, -0.15) is 0 Å². The van der Waals surface area contributed by atoms with Gasteiger partial charge in [0.25, 0.3) is 0 Å². The number of hydrogen-bond acceptors (Lipinski definition) is 2. The SMILES string of the molecule is CCNC(C)CC(=O)N1CCC(CC)C1. The molecule has 0 aliphatic carbocycles. The smallest absolute Gasteiger partial charge is 0.224 e. The fraction of sp³-hybridized carbons (Fsp3) is 0.917. The summed E-state index contributed by atoms with van der Waals surface area (Å²) in [4.78, 5) is 13.9. The molecule has 0 radical (unpaired) electrons. The average Bonchev–Trinajstić information content (AvgIpc) is 2.66. The van der Waals surface area contributed by atoms with Crippen LogP contribution in [0.15, 0.2) is 0 Å². The number of amides is 1. The summed E-state index contributed by atoms with van der Waals surface area (Å²) in [5.74, 6) is 1.06. The molecule has 0 aromatic carbocycles. The maximum atomic E-state index is 11.9. The Kier molecular flexibility index (Phi) is 5.09. The summed E-state index contributed by atoms with van der Waals surface area (Å²) in [6, 6.07) is 0.308. The van der Waals surface area contributed by atoms with Crippen molar-refractivity contribution in [2.75, 3.05) is 19.6 Å².